The summed E-state index contributed by atoms with van der Waals surface area (Å²) < 4.78 is 27.2. The summed E-state index contributed by atoms with van der Waals surface area (Å²) in [7, 11) is 0. The molecule has 6 heteroatoms. The van der Waals surface area contributed by atoms with Crippen molar-refractivity contribution < 1.29 is 13.6 Å². The quantitative estimate of drug-likeness (QED) is 0.772. The molecule has 0 saturated heterocycles. The fourth-order valence-electron chi connectivity index (χ4n) is 3.82. The van der Waals surface area contributed by atoms with E-state index in [1.165, 1.54) is 24.3 Å². The van der Waals surface area contributed by atoms with Crippen LogP contribution in [-0.4, -0.2) is 12.5 Å². The third-order valence-corrected chi connectivity index (χ3v) is 5.19. The molecule has 2 aromatic carbocycles. The summed E-state index contributed by atoms with van der Waals surface area (Å²) in [5.74, 6) is -0.656. The van der Waals surface area contributed by atoms with Gasteiger partial charge >= 0.3 is 0 Å². The van der Waals surface area contributed by atoms with Crippen molar-refractivity contribution in [2.45, 2.75) is 31.7 Å². The van der Waals surface area contributed by atoms with E-state index in [-0.39, 0.29) is 41.8 Å². The number of amides is 1. The number of carbonyl (C=O) groups is 1. The SMILES string of the molecule is Cl.NC[C@H]1CCC[C@H]1C(=O)NC(Cc1cccc(F)c1)c1cccc(F)c1. The first kappa shape index (κ1) is 21.3. The van der Waals surface area contributed by atoms with Crippen molar-refractivity contribution >= 4 is 18.3 Å². The van der Waals surface area contributed by atoms with Crippen molar-refractivity contribution in [3.05, 3.63) is 71.3 Å². The summed E-state index contributed by atoms with van der Waals surface area (Å²) in [5.41, 5.74) is 7.22. The van der Waals surface area contributed by atoms with Gasteiger partial charge in [-0.25, -0.2) is 8.78 Å². The molecular weight excluding hydrogens is 370 g/mol. The van der Waals surface area contributed by atoms with Crippen molar-refractivity contribution in [2.24, 2.45) is 17.6 Å². The second kappa shape index (κ2) is 9.81. The monoisotopic (exact) mass is 394 g/mol. The molecule has 146 valence electrons. The third-order valence-electron chi connectivity index (χ3n) is 5.19. The molecule has 3 nitrogen and oxygen atoms in total. The van der Waals surface area contributed by atoms with Crippen LogP contribution in [0.1, 0.15) is 36.4 Å². The fourth-order valence-corrected chi connectivity index (χ4v) is 3.82. The van der Waals surface area contributed by atoms with Gasteiger partial charge in [-0.1, -0.05) is 30.7 Å². The number of carbonyl (C=O) groups excluding carboxylic acids is 1. The van der Waals surface area contributed by atoms with Gasteiger partial charge in [-0.15, -0.1) is 12.4 Å². The Kier molecular flexibility index (Phi) is 7.75. The van der Waals surface area contributed by atoms with Crippen molar-refractivity contribution in [3.8, 4) is 0 Å². The second-order valence-corrected chi connectivity index (χ2v) is 6.98. The van der Waals surface area contributed by atoms with E-state index in [4.69, 9.17) is 5.73 Å². The molecule has 0 aromatic heterocycles. The number of rotatable bonds is 6. The molecule has 0 bridgehead atoms. The Morgan fingerprint density at radius 2 is 1.81 bits per heavy atom. The Morgan fingerprint density at radius 1 is 1.11 bits per heavy atom. The smallest absolute Gasteiger partial charge is 0.223 e. The summed E-state index contributed by atoms with van der Waals surface area (Å²) in [6.07, 6.45) is 3.17. The Balaban J connectivity index is 0.00000261. The lowest BCUT2D eigenvalue weighted by molar-refractivity contribution is -0.126. The van der Waals surface area contributed by atoms with Crippen LogP contribution in [0.4, 0.5) is 8.78 Å². The van der Waals surface area contributed by atoms with Gasteiger partial charge in [0.25, 0.3) is 0 Å². The molecule has 3 atom stereocenters. The maximum atomic E-state index is 13.7. The first-order valence-corrected chi connectivity index (χ1v) is 9.07. The van der Waals surface area contributed by atoms with Crippen molar-refractivity contribution in [2.75, 3.05) is 6.54 Å². The van der Waals surface area contributed by atoms with Crippen LogP contribution >= 0.6 is 12.4 Å². The maximum Gasteiger partial charge on any atom is 0.223 e. The first-order chi connectivity index (χ1) is 12.6. The molecule has 0 aliphatic heterocycles. The van der Waals surface area contributed by atoms with Crippen LogP contribution in [0, 0.1) is 23.5 Å². The lowest BCUT2D eigenvalue weighted by Crippen LogP contribution is -2.38. The topological polar surface area (TPSA) is 55.1 Å². The van der Waals surface area contributed by atoms with Crippen molar-refractivity contribution in [3.63, 3.8) is 0 Å². The minimum Gasteiger partial charge on any atom is -0.349 e. The van der Waals surface area contributed by atoms with E-state index >= 15 is 0 Å². The number of hydrogen-bond donors (Lipinski definition) is 2. The molecule has 2 aromatic rings. The molecule has 1 aliphatic carbocycles. The normalized spacial score (nSPS) is 20.0. The summed E-state index contributed by atoms with van der Waals surface area (Å²) in [6, 6.07) is 12.0. The largest absolute Gasteiger partial charge is 0.349 e. The van der Waals surface area contributed by atoms with Crippen LogP contribution in [0.25, 0.3) is 0 Å². The lowest BCUT2D eigenvalue weighted by atomic mass is 9.93. The minimum absolute atomic E-state index is 0. The van der Waals surface area contributed by atoms with Crippen LogP contribution in [0.5, 0.6) is 0 Å². The zero-order chi connectivity index (χ0) is 18.5. The summed E-state index contributed by atoms with van der Waals surface area (Å²) in [5, 5.41) is 3.05. The van der Waals surface area contributed by atoms with Gasteiger partial charge in [0.2, 0.25) is 5.91 Å². The van der Waals surface area contributed by atoms with E-state index < -0.39 is 6.04 Å². The summed E-state index contributed by atoms with van der Waals surface area (Å²) in [4.78, 5) is 12.8. The van der Waals surface area contributed by atoms with Crippen LogP contribution in [0.2, 0.25) is 0 Å². The average molecular weight is 395 g/mol. The van der Waals surface area contributed by atoms with Gasteiger partial charge < -0.3 is 11.1 Å². The molecule has 1 amide bonds. The standard InChI is InChI=1S/C21H24F2N2O.ClH/c22-17-7-1-4-14(10-17)11-20(15-5-2-8-18(23)12-15)25-21(26)19-9-3-6-16(19)13-24;/h1-2,4-5,7-8,10,12,16,19-20H,3,6,9,11,13,24H2,(H,25,26);1H/t16-,19-,20?;/m1./s1. The van der Waals surface area contributed by atoms with Gasteiger partial charge in [0, 0.05) is 5.92 Å². The van der Waals surface area contributed by atoms with Crippen molar-refractivity contribution in [1.29, 1.82) is 0 Å². The van der Waals surface area contributed by atoms with Crippen LogP contribution in [0.15, 0.2) is 48.5 Å². The van der Waals surface area contributed by atoms with Gasteiger partial charge in [0.05, 0.1) is 6.04 Å². The summed E-state index contributed by atoms with van der Waals surface area (Å²) >= 11 is 0. The van der Waals surface area contributed by atoms with E-state index in [0.29, 0.717) is 18.5 Å². The molecule has 27 heavy (non-hydrogen) atoms. The van der Waals surface area contributed by atoms with E-state index in [2.05, 4.69) is 5.32 Å². The number of hydrogen-bond acceptors (Lipinski definition) is 2. The highest BCUT2D eigenvalue weighted by Crippen LogP contribution is 2.32. The Hall–Kier alpha value is -1.98. The molecule has 1 aliphatic rings. The number of halogens is 3. The number of nitrogens with two attached hydrogens (primary N) is 1. The third kappa shape index (κ3) is 5.50. The molecule has 1 unspecified atom stereocenters. The molecule has 1 saturated carbocycles. The maximum absolute atomic E-state index is 13.7. The van der Waals surface area contributed by atoms with Gasteiger partial charge in [-0.3, -0.25) is 4.79 Å². The van der Waals surface area contributed by atoms with Gasteiger partial charge in [0.1, 0.15) is 11.6 Å². The molecule has 0 spiro atoms. The van der Waals surface area contributed by atoms with Crippen LogP contribution in [-0.2, 0) is 11.2 Å². The lowest BCUT2D eigenvalue weighted by Gasteiger charge is -2.24. The van der Waals surface area contributed by atoms with E-state index in [1.54, 1.807) is 24.3 Å². The second-order valence-electron chi connectivity index (χ2n) is 6.98. The van der Waals surface area contributed by atoms with Crippen molar-refractivity contribution in [1.82, 2.24) is 5.32 Å². The molecule has 3 N–H and O–H groups in total. The fraction of sp³-hybridized carbons (Fsp3) is 0.381. The van der Waals surface area contributed by atoms with E-state index in [0.717, 1.165) is 24.8 Å². The Bertz CT molecular complexity index is 771. The van der Waals surface area contributed by atoms with Crippen LogP contribution < -0.4 is 11.1 Å². The van der Waals surface area contributed by atoms with Gasteiger partial charge in [0.15, 0.2) is 0 Å². The number of nitrogens with one attached hydrogen (secondary N) is 1. The molecule has 0 heterocycles. The van der Waals surface area contributed by atoms with Crippen LogP contribution in [0.3, 0.4) is 0 Å². The van der Waals surface area contributed by atoms with Gasteiger partial charge in [-0.05, 0) is 67.1 Å². The summed E-state index contributed by atoms with van der Waals surface area (Å²) in [6.45, 7) is 0.493. The average Bonchev–Trinajstić information content (AvgIpc) is 3.10. The van der Waals surface area contributed by atoms with Gasteiger partial charge in [-0.2, -0.15) is 0 Å². The predicted octanol–water partition coefficient (Wildman–Crippen LogP) is 4.16. The molecule has 1 fully saturated rings. The number of benzene rings is 2. The van der Waals surface area contributed by atoms with E-state index in [1.807, 2.05) is 0 Å². The highest BCUT2D eigenvalue weighted by Gasteiger charge is 2.33. The molecular formula is C21H25ClF2N2O. The minimum atomic E-state index is -0.418. The highest BCUT2D eigenvalue weighted by atomic mass is 35.5. The first-order valence-electron chi connectivity index (χ1n) is 9.07. The molecule has 0 radical (unpaired) electrons. The predicted molar refractivity (Wildman–Crippen MR) is 105 cm³/mol. The highest BCUT2D eigenvalue weighted by molar-refractivity contribution is 5.85. The zero-order valence-electron chi connectivity index (χ0n) is 15.0. The zero-order valence-corrected chi connectivity index (χ0v) is 15.9. The Morgan fingerprint density at radius 3 is 2.48 bits per heavy atom. The van der Waals surface area contributed by atoms with E-state index in [9.17, 15) is 13.6 Å². The molecule has 3 rings (SSSR count). The Labute approximate surface area is 164 Å².